The molecule has 1 aromatic carbocycles. The van der Waals surface area contributed by atoms with Crippen LogP contribution in [0.25, 0.3) is 0 Å². The smallest absolute Gasteiger partial charge is 0.340 e. The molecule has 5 heteroatoms. The largest absolute Gasteiger partial charge is 0.462 e. The highest BCUT2D eigenvalue weighted by Gasteiger charge is 2.27. The van der Waals surface area contributed by atoms with Gasteiger partial charge in [-0.3, -0.25) is 4.79 Å². The average Bonchev–Trinajstić information content (AvgIpc) is 2.39. The molecule has 1 amide bonds. The number of nitrogens with one attached hydrogen (secondary N) is 1. The number of hydrogen-bond donors (Lipinski definition) is 2. The number of para-hydroxylation sites is 1. The van der Waals surface area contributed by atoms with E-state index in [1.165, 1.54) is 0 Å². The van der Waals surface area contributed by atoms with E-state index in [9.17, 15) is 9.59 Å². The number of carbonyl (C=O) groups is 2. The SMILES string of the molecule is CCOC(=O)c1ccccc1NC(=O)C(C)(C)CN. The highest BCUT2D eigenvalue weighted by atomic mass is 16.5. The van der Waals surface area contributed by atoms with Gasteiger partial charge in [-0.1, -0.05) is 12.1 Å². The Bertz CT molecular complexity index is 470. The van der Waals surface area contributed by atoms with E-state index in [1.54, 1.807) is 45.0 Å². The molecule has 0 atom stereocenters. The molecule has 3 N–H and O–H groups in total. The lowest BCUT2D eigenvalue weighted by atomic mass is 9.92. The first-order chi connectivity index (χ1) is 8.92. The van der Waals surface area contributed by atoms with Crippen molar-refractivity contribution >= 4 is 17.6 Å². The van der Waals surface area contributed by atoms with Crippen molar-refractivity contribution in [3.8, 4) is 0 Å². The van der Waals surface area contributed by atoms with Crippen molar-refractivity contribution in [2.75, 3.05) is 18.5 Å². The standard InChI is InChI=1S/C14H20N2O3/c1-4-19-12(17)10-7-5-6-8-11(10)16-13(18)14(2,3)9-15/h5-8H,4,9,15H2,1-3H3,(H,16,18). The Labute approximate surface area is 113 Å². The Kier molecular flexibility index (Phi) is 5.06. The molecule has 0 aromatic heterocycles. The number of benzene rings is 1. The van der Waals surface area contributed by atoms with Gasteiger partial charge in [0, 0.05) is 6.54 Å². The molecule has 0 saturated heterocycles. The first kappa shape index (κ1) is 15.2. The van der Waals surface area contributed by atoms with Crippen LogP contribution in [0.3, 0.4) is 0 Å². The van der Waals surface area contributed by atoms with Crippen molar-refractivity contribution in [2.45, 2.75) is 20.8 Å². The van der Waals surface area contributed by atoms with Crippen LogP contribution in [0, 0.1) is 5.41 Å². The van der Waals surface area contributed by atoms with Crippen LogP contribution in [0.5, 0.6) is 0 Å². The summed E-state index contributed by atoms with van der Waals surface area (Å²) in [5, 5.41) is 2.72. The first-order valence-electron chi connectivity index (χ1n) is 6.20. The molecule has 1 rings (SSSR count). The molecule has 1 aromatic rings. The summed E-state index contributed by atoms with van der Waals surface area (Å²) < 4.78 is 4.95. The molecular weight excluding hydrogens is 244 g/mol. The van der Waals surface area contributed by atoms with E-state index in [4.69, 9.17) is 10.5 Å². The van der Waals surface area contributed by atoms with Crippen molar-refractivity contribution in [3.05, 3.63) is 29.8 Å². The Hall–Kier alpha value is -1.88. The Morgan fingerprint density at radius 1 is 1.32 bits per heavy atom. The monoisotopic (exact) mass is 264 g/mol. The maximum absolute atomic E-state index is 12.1. The van der Waals surface area contributed by atoms with E-state index in [2.05, 4.69) is 5.32 Å². The predicted molar refractivity (Wildman–Crippen MR) is 73.9 cm³/mol. The van der Waals surface area contributed by atoms with Crippen molar-refractivity contribution in [3.63, 3.8) is 0 Å². The van der Waals surface area contributed by atoms with Gasteiger partial charge in [0.15, 0.2) is 0 Å². The van der Waals surface area contributed by atoms with Crippen LogP contribution in [0.2, 0.25) is 0 Å². The Balaban J connectivity index is 2.96. The second-order valence-electron chi connectivity index (χ2n) is 4.81. The van der Waals surface area contributed by atoms with Gasteiger partial charge in [-0.05, 0) is 32.9 Å². The third-order valence-electron chi connectivity index (χ3n) is 2.80. The first-order valence-corrected chi connectivity index (χ1v) is 6.20. The van der Waals surface area contributed by atoms with E-state index >= 15 is 0 Å². The molecule has 0 saturated carbocycles. The van der Waals surface area contributed by atoms with Crippen LogP contribution in [-0.2, 0) is 9.53 Å². The summed E-state index contributed by atoms with van der Waals surface area (Å²) in [5.74, 6) is -0.685. The molecule has 5 nitrogen and oxygen atoms in total. The van der Waals surface area contributed by atoms with Crippen LogP contribution in [0.1, 0.15) is 31.1 Å². The summed E-state index contributed by atoms with van der Waals surface area (Å²) in [6.45, 7) is 5.73. The van der Waals surface area contributed by atoms with E-state index in [0.717, 1.165) is 0 Å². The highest BCUT2D eigenvalue weighted by molar-refractivity contribution is 6.02. The second kappa shape index (κ2) is 6.33. The summed E-state index contributed by atoms with van der Waals surface area (Å²) >= 11 is 0. The van der Waals surface area contributed by atoms with Gasteiger partial charge in [0.1, 0.15) is 0 Å². The Morgan fingerprint density at radius 3 is 2.53 bits per heavy atom. The van der Waals surface area contributed by atoms with Crippen molar-refractivity contribution in [1.29, 1.82) is 0 Å². The normalized spacial score (nSPS) is 10.9. The quantitative estimate of drug-likeness (QED) is 0.794. The maximum Gasteiger partial charge on any atom is 0.340 e. The molecule has 0 unspecified atom stereocenters. The van der Waals surface area contributed by atoms with E-state index in [0.29, 0.717) is 11.3 Å². The molecule has 0 spiro atoms. The fourth-order valence-electron chi connectivity index (χ4n) is 1.36. The maximum atomic E-state index is 12.1. The Morgan fingerprint density at radius 2 is 1.95 bits per heavy atom. The molecule has 0 heterocycles. The average molecular weight is 264 g/mol. The van der Waals surface area contributed by atoms with Crippen molar-refractivity contribution in [2.24, 2.45) is 11.1 Å². The lowest BCUT2D eigenvalue weighted by Crippen LogP contribution is -2.37. The van der Waals surface area contributed by atoms with Gasteiger partial charge >= 0.3 is 5.97 Å². The van der Waals surface area contributed by atoms with E-state index in [1.807, 2.05) is 0 Å². The lowest BCUT2D eigenvalue weighted by Gasteiger charge is -2.22. The number of esters is 1. The van der Waals surface area contributed by atoms with Gasteiger partial charge in [-0.25, -0.2) is 4.79 Å². The number of amides is 1. The number of rotatable bonds is 5. The van der Waals surface area contributed by atoms with Crippen molar-refractivity contribution < 1.29 is 14.3 Å². The second-order valence-corrected chi connectivity index (χ2v) is 4.81. The van der Waals surface area contributed by atoms with E-state index < -0.39 is 11.4 Å². The zero-order valence-electron chi connectivity index (χ0n) is 11.5. The summed E-state index contributed by atoms with van der Waals surface area (Å²) in [5.41, 5.74) is 5.64. The molecule has 104 valence electrons. The molecule has 0 aliphatic heterocycles. The van der Waals surface area contributed by atoms with Gasteiger partial charge in [-0.15, -0.1) is 0 Å². The fourth-order valence-corrected chi connectivity index (χ4v) is 1.36. The van der Waals surface area contributed by atoms with Crippen LogP contribution < -0.4 is 11.1 Å². The molecule has 0 radical (unpaired) electrons. The molecule has 0 fully saturated rings. The summed E-state index contributed by atoms with van der Waals surface area (Å²) in [6.07, 6.45) is 0. The van der Waals surface area contributed by atoms with Gasteiger partial charge in [0.2, 0.25) is 5.91 Å². The molecular formula is C14H20N2O3. The lowest BCUT2D eigenvalue weighted by molar-refractivity contribution is -0.123. The number of nitrogens with two attached hydrogens (primary N) is 1. The highest BCUT2D eigenvalue weighted by Crippen LogP contribution is 2.20. The minimum atomic E-state index is -0.693. The van der Waals surface area contributed by atoms with Crippen LogP contribution >= 0.6 is 0 Å². The van der Waals surface area contributed by atoms with Gasteiger partial charge < -0.3 is 15.8 Å². The zero-order valence-corrected chi connectivity index (χ0v) is 11.5. The summed E-state index contributed by atoms with van der Waals surface area (Å²) in [7, 11) is 0. The summed E-state index contributed by atoms with van der Waals surface area (Å²) in [6, 6.07) is 6.74. The van der Waals surface area contributed by atoms with Gasteiger partial charge in [0.25, 0.3) is 0 Å². The molecule has 0 bridgehead atoms. The minimum absolute atomic E-state index is 0.223. The van der Waals surface area contributed by atoms with E-state index in [-0.39, 0.29) is 19.1 Å². The summed E-state index contributed by atoms with van der Waals surface area (Å²) in [4.78, 5) is 23.8. The molecule has 0 aliphatic rings. The number of anilines is 1. The third-order valence-corrected chi connectivity index (χ3v) is 2.80. The van der Waals surface area contributed by atoms with Crippen molar-refractivity contribution in [1.82, 2.24) is 0 Å². The molecule has 19 heavy (non-hydrogen) atoms. The van der Waals surface area contributed by atoms with Crippen LogP contribution in [0.15, 0.2) is 24.3 Å². The third kappa shape index (κ3) is 3.79. The number of hydrogen-bond acceptors (Lipinski definition) is 4. The zero-order chi connectivity index (χ0) is 14.5. The van der Waals surface area contributed by atoms with Crippen LogP contribution in [0.4, 0.5) is 5.69 Å². The number of carbonyl (C=O) groups excluding carboxylic acids is 2. The van der Waals surface area contributed by atoms with Crippen LogP contribution in [-0.4, -0.2) is 25.0 Å². The fraction of sp³-hybridized carbons (Fsp3) is 0.429. The number of ether oxygens (including phenoxy) is 1. The minimum Gasteiger partial charge on any atom is -0.462 e. The van der Waals surface area contributed by atoms with Gasteiger partial charge in [0.05, 0.1) is 23.3 Å². The topological polar surface area (TPSA) is 81.4 Å². The molecule has 0 aliphatic carbocycles. The predicted octanol–water partition coefficient (Wildman–Crippen LogP) is 1.79. The van der Waals surface area contributed by atoms with Gasteiger partial charge in [-0.2, -0.15) is 0 Å².